The van der Waals surface area contributed by atoms with E-state index in [-0.39, 0.29) is 30.0 Å². The van der Waals surface area contributed by atoms with E-state index in [0.717, 1.165) is 37.2 Å². The van der Waals surface area contributed by atoms with Crippen molar-refractivity contribution in [3.05, 3.63) is 41.5 Å². The summed E-state index contributed by atoms with van der Waals surface area (Å²) in [5.74, 6) is 2.54. The van der Waals surface area contributed by atoms with Gasteiger partial charge in [0.15, 0.2) is 11.8 Å². The minimum absolute atomic E-state index is 0. The SMILES string of the molecule is CCNC(=NCc1nnc(C)n1C)NC(C)c1cccc(N2CCCC2)c1.I. The Kier molecular flexibility index (Phi) is 8.53. The number of hydrogen-bond donors (Lipinski definition) is 2. The van der Waals surface area contributed by atoms with E-state index in [2.05, 4.69) is 68.8 Å². The lowest BCUT2D eigenvalue weighted by Gasteiger charge is -2.22. The average Bonchev–Trinajstić information content (AvgIpc) is 3.32. The van der Waals surface area contributed by atoms with Crippen LogP contribution in [-0.2, 0) is 13.6 Å². The van der Waals surface area contributed by atoms with Crippen molar-refractivity contribution in [2.24, 2.45) is 12.0 Å². The molecule has 0 saturated carbocycles. The molecule has 8 heteroatoms. The van der Waals surface area contributed by atoms with Gasteiger partial charge in [-0.25, -0.2) is 4.99 Å². The maximum absolute atomic E-state index is 4.68. The number of aromatic nitrogens is 3. The summed E-state index contributed by atoms with van der Waals surface area (Å²) >= 11 is 0. The largest absolute Gasteiger partial charge is 0.372 e. The van der Waals surface area contributed by atoms with Gasteiger partial charge in [-0.3, -0.25) is 0 Å². The Balaban J connectivity index is 0.00000280. The van der Waals surface area contributed by atoms with E-state index < -0.39 is 0 Å². The molecule has 0 amide bonds. The Labute approximate surface area is 185 Å². The van der Waals surface area contributed by atoms with Gasteiger partial charge in [0.05, 0.1) is 6.04 Å². The molecular formula is C20H32IN7. The van der Waals surface area contributed by atoms with Gasteiger partial charge in [0.2, 0.25) is 0 Å². The third kappa shape index (κ3) is 5.59. The van der Waals surface area contributed by atoms with E-state index in [4.69, 9.17) is 0 Å². The number of nitrogens with zero attached hydrogens (tertiary/aromatic N) is 5. The molecule has 154 valence electrons. The molecule has 0 spiro atoms. The Morgan fingerprint density at radius 1 is 1.25 bits per heavy atom. The van der Waals surface area contributed by atoms with Gasteiger partial charge in [0.25, 0.3) is 0 Å². The first-order chi connectivity index (χ1) is 13.1. The van der Waals surface area contributed by atoms with Gasteiger partial charge in [-0.15, -0.1) is 34.2 Å². The van der Waals surface area contributed by atoms with Crippen LogP contribution in [0.4, 0.5) is 5.69 Å². The summed E-state index contributed by atoms with van der Waals surface area (Å²) in [5.41, 5.74) is 2.58. The Bertz CT molecular complexity index is 781. The number of aryl methyl sites for hydroxylation is 1. The zero-order valence-corrected chi connectivity index (χ0v) is 19.6. The lowest BCUT2D eigenvalue weighted by atomic mass is 10.1. The van der Waals surface area contributed by atoms with Crippen LogP contribution in [0.5, 0.6) is 0 Å². The van der Waals surface area contributed by atoms with E-state index in [0.29, 0.717) is 6.54 Å². The summed E-state index contributed by atoms with van der Waals surface area (Å²) in [7, 11) is 1.97. The number of anilines is 1. The van der Waals surface area contributed by atoms with Crippen molar-refractivity contribution in [3.63, 3.8) is 0 Å². The standard InChI is InChI=1S/C20H31N7.HI/c1-5-21-20(22-14-19-25-24-16(3)26(19)4)23-15(2)17-9-8-10-18(13-17)27-11-6-7-12-27;/h8-10,13,15H,5-7,11-12,14H2,1-4H3,(H2,21,22,23);1H. The molecule has 2 N–H and O–H groups in total. The summed E-state index contributed by atoms with van der Waals surface area (Å²) in [6.45, 7) is 9.81. The minimum atomic E-state index is 0. The first-order valence-corrected chi connectivity index (χ1v) is 9.83. The van der Waals surface area contributed by atoms with Gasteiger partial charge < -0.3 is 20.1 Å². The molecule has 1 atom stereocenters. The second-order valence-corrected chi connectivity index (χ2v) is 7.07. The van der Waals surface area contributed by atoms with Gasteiger partial charge in [-0.05, 0) is 51.3 Å². The fraction of sp³-hybridized carbons (Fsp3) is 0.550. The minimum Gasteiger partial charge on any atom is -0.372 e. The maximum Gasteiger partial charge on any atom is 0.192 e. The van der Waals surface area contributed by atoms with E-state index in [1.54, 1.807) is 0 Å². The van der Waals surface area contributed by atoms with Gasteiger partial charge in [0.1, 0.15) is 12.4 Å². The quantitative estimate of drug-likeness (QED) is 0.365. The predicted molar refractivity (Wildman–Crippen MR) is 125 cm³/mol. The number of nitrogens with one attached hydrogen (secondary N) is 2. The molecule has 2 aromatic rings. The van der Waals surface area contributed by atoms with Crippen molar-refractivity contribution in [3.8, 4) is 0 Å². The van der Waals surface area contributed by atoms with Crippen LogP contribution in [0.2, 0.25) is 0 Å². The van der Waals surface area contributed by atoms with Crippen molar-refractivity contribution in [2.75, 3.05) is 24.5 Å². The molecule has 1 saturated heterocycles. The molecule has 7 nitrogen and oxygen atoms in total. The van der Waals surface area contributed by atoms with Crippen molar-refractivity contribution in [1.82, 2.24) is 25.4 Å². The lowest BCUT2D eigenvalue weighted by Crippen LogP contribution is -2.38. The number of hydrogen-bond acceptors (Lipinski definition) is 4. The normalized spacial score (nSPS) is 15.3. The Morgan fingerprint density at radius 2 is 2.00 bits per heavy atom. The highest BCUT2D eigenvalue weighted by Gasteiger charge is 2.14. The van der Waals surface area contributed by atoms with Crippen LogP contribution in [0, 0.1) is 6.92 Å². The fourth-order valence-electron chi connectivity index (χ4n) is 3.31. The fourth-order valence-corrected chi connectivity index (χ4v) is 3.31. The molecule has 0 radical (unpaired) electrons. The Hall–Kier alpha value is -1.84. The maximum atomic E-state index is 4.68. The third-order valence-electron chi connectivity index (χ3n) is 5.10. The molecule has 1 aromatic carbocycles. The zero-order chi connectivity index (χ0) is 19.2. The van der Waals surface area contributed by atoms with Gasteiger partial charge in [-0.1, -0.05) is 12.1 Å². The molecule has 1 aliphatic rings. The van der Waals surface area contributed by atoms with Crippen LogP contribution in [-0.4, -0.2) is 40.4 Å². The first-order valence-electron chi connectivity index (χ1n) is 9.83. The highest BCUT2D eigenvalue weighted by Crippen LogP contribution is 2.23. The summed E-state index contributed by atoms with van der Waals surface area (Å²) in [6.07, 6.45) is 2.58. The third-order valence-corrected chi connectivity index (χ3v) is 5.10. The number of guanidine groups is 1. The van der Waals surface area contributed by atoms with Crippen LogP contribution in [0.15, 0.2) is 29.3 Å². The number of benzene rings is 1. The van der Waals surface area contributed by atoms with Crippen LogP contribution < -0.4 is 15.5 Å². The van der Waals surface area contributed by atoms with Crippen molar-refractivity contribution in [2.45, 2.75) is 46.2 Å². The van der Waals surface area contributed by atoms with Crippen LogP contribution in [0.3, 0.4) is 0 Å². The lowest BCUT2D eigenvalue weighted by molar-refractivity contribution is 0.681. The van der Waals surface area contributed by atoms with Crippen LogP contribution in [0.1, 0.15) is 49.9 Å². The van der Waals surface area contributed by atoms with Crippen molar-refractivity contribution in [1.29, 1.82) is 0 Å². The molecule has 1 unspecified atom stereocenters. The first kappa shape index (κ1) is 22.4. The molecule has 0 aliphatic carbocycles. The molecule has 1 aromatic heterocycles. The van der Waals surface area contributed by atoms with Gasteiger partial charge in [0, 0.05) is 32.4 Å². The predicted octanol–water partition coefficient (Wildman–Crippen LogP) is 3.16. The van der Waals surface area contributed by atoms with Crippen LogP contribution >= 0.6 is 24.0 Å². The van der Waals surface area contributed by atoms with Gasteiger partial charge in [-0.2, -0.15) is 0 Å². The molecule has 0 bridgehead atoms. The molecular weight excluding hydrogens is 465 g/mol. The van der Waals surface area contributed by atoms with Crippen molar-refractivity contribution < 1.29 is 0 Å². The smallest absolute Gasteiger partial charge is 0.192 e. The van der Waals surface area contributed by atoms with E-state index >= 15 is 0 Å². The highest BCUT2D eigenvalue weighted by molar-refractivity contribution is 14.0. The van der Waals surface area contributed by atoms with E-state index in [1.165, 1.54) is 24.1 Å². The van der Waals surface area contributed by atoms with E-state index in [9.17, 15) is 0 Å². The monoisotopic (exact) mass is 497 g/mol. The summed E-state index contributed by atoms with van der Waals surface area (Å²) < 4.78 is 1.97. The Morgan fingerprint density at radius 3 is 2.64 bits per heavy atom. The number of aliphatic imine (C=N–C) groups is 1. The topological polar surface area (TPSA) is 70.4 Å². The van der Waals surface area contributed by atoms with E-state index in [1.807, 2.05) is 18.5 Å². The van der Waals surface area contributed by atoms with Gasteiger partial charge >= 0.3 is 0 Å². The molecule has 28 heavy (non-hydrogen) atoms. The number of halogens is 1. The second-order valence-electron chi connectivity index (χ2n) is 7.07. The van der Waals surface area contributed by atoms with Crippen molar-refractivity contribution >= 4 is 35.6 Å². The summed E-state index contributed by atoms with van der Waals surface area (Å²) in [5, 5.41) is 15.1. The summed E-state index contributed by atoms with van der Waals surface area (Å²) in [4.78, 5) is 7.15. The molecule has 1 fully saturated rings. The second kappa shape index (κ2) is 10.6. The molecule has 1 aliphatic heterocycles. The summed E-state index contributed by atoms with van der Waals surface area (Å²) in [6, 6.07) is 8.97. The molecule has 2 heterocycles. The number of rotatable bonds is 6. The zero-order valence-electron chi connectivity index (χ0n) is 17.3. The average molecular weight is 497 g/mol. The molecule has 3 rings (SSSR count). The highest BCUT2D eigenvalue weighted by atomic mass is 127. The van der Waals surface area contributed by atoms with Crippen LogP contribution in [0.25, 0.3) is 0 Å².